The second-order valence-electron chi connectivity index (χ2n) is 8.20. The lowest BCUT2D eigenvalue weighted by Gasteiger charge is -2.19. The molecule has 10 nitrogen and oxygen atoms in total. The van der Waals surface area contributed by atoms with Crippen LogP contribution in [0.15, 0.2) is 76.5 Å². The van der Waals surface area contributed by atoms with Crippen LogP contribution in [0.3, 0.4) is 0 Å². The number of halogens is 1. The molecule has 12 heteroatoms. The molecule has 0 atom stereocenters. The van der Waals surface area contributed by atoms with Gasteiger partial charge >= 0.3 is 0 Å². The standard InChI is InChI=1S/C23H21FN6O4S/c1-23(2,14-24)22(31)27-16-4-3-5-17(12-16)30-35(32,33)18-8-6-15(7-9-18)20-28-21(34-29-20)19-13-25-10-11-26-19/h3-13,30H,14H2,1-2H3,(H,27,31). The first-order chi connectivity index (χ1) is 16.7. The average molecular weight is 497 g/mol. The molecule has 2 aromatic carbocycles. The Kier molecular flexibility index (Phi) is 6.56. The van der Waals surface area contributed by atoms with E-state index in [4.69, 9.17) is 4.52 Å². The first-order valence-corrected chi connectivity index (χ1v) is 11.9. The highest BCUT2D eigenvalue weighted by atomic mass is 32.2. The molecule has 4 aromatic rings. The summed E-state index contributed by atoms with van der Waals surface area (Å²) >= 11 is 0. The van der Waals surface area contributed by atoms with E-state index in [-0.39, 0.29) is 22.3 Å². The molecule has 2 N–H and O–H groups in total. The van der Waals surface area contributed by atoms with Gasteiger partial charge < -0.3 is 9.84 Å². The molecule has 2 aromatic heterocycles. The molecular weight excluding hydrogens is 475 g/mol. The monoisotopic (exact) mass is 496 g/mol. The number of sulfonamides is 1. The van der Waals surface area contributed by atoms with Crippen LogP contribution >= 0.6 is 0 Å². The van der Waals surface area contributed by atoms with Gasteiger partial charge in [-0.1, -0.05) is 11.2 Å². The zero-order chi connectivity index (χ0) is 25.1. The summed E-state index contributed by atoms with van der Waals surface area (Å²) in [4.78, 5) is 24.5. The number of carbonyl (C=O) groups excluding carboxylic acids is 1. The summed E-state index contributed by atoms with van der Waals surface area (Å²) in [6.07, 6.45) is 4.51. The highest BCUT2D eigenvalue weighted by Gasteiger charge is 2.27. The maximum absolute atomic E-state index is 13.1. The number of amides is 1. The number of hydrogen-bond donors (Lipinski definition) is 2. The van der Waals surface area contributed by atoms with Crippen molar-refractivity contribution in [3.63, 3.8) is 0 Å². The van der Waals surface area contributed by atoms with E-state index in [1.54, 1.807) is 24.3 Å². The number of hydrogen-bond acceptors (Lipinski definition) is 8. The third-order valence-electron chi connectivity index (χ3n) is 4.95. The Balaban J connectivity index is 1.48. The fourth-order valence-electron chi connectivity index (χ4n) is 2.87. The molecule has 0 saturated carbocycles. The lowest BCUT2D eigenvalue weighted by molar-refractivity contribution is -0.124. The quantitative estimate of drug-likeness (QED) is 0.374. The van der Waals surface area contributed by atoms with Crippen molar-refractivity contribution in [2.24, 2.45) is 5.41 Å². The van der Waals surface area contributed by atoms with Crippen LogP contribution in [0, 0.1) is 5.41 Å². The van der Waals surface area contributed by atoms with Gasteiger partial charge in [0, 0.05) is 23.6 Å². The van der Waals surface area contributed by atoms with Crippen LogP contribution in [0.4, 0.5) is 15.8 Å². The second-order valence-corrected chi connectivity index (χ2v) is 9.88. The first-order valence-electron chi connectivity index (χ1n) is 10.4. The van der Waals surface area contributed by atoms with Gasteiger partial charge in [0.1, 0.15) is 12.4 Å². The number of nitrogens with one attached hydrogen (secondary N) is 2. The van der Waals surface area contributed by atoms with Gasteiger partial charge in [-0.25, -0.2) is 17.8 Å². The number of nitrogens with zero attached hydrogens (tertiary/aromatic N) is 4. The van der Waals surface area contributed by atoms with E-state index in [9.17, 15) is 17.6 Å². The van der Waals surface area contributed by atoms with E-state index in [2.05, 4.69) is 30.1 Å². The molecule has 0 bridgehead atoms. The molecule has 0 radical (unpaired) electrons. The average Bonchev–Trinajstić information content (AvgIpc) is 3.35. The fourth-order valence-corrected chi connectivity index (χ4v) is 3.92. The summed E-state index contributed by atoms with van der Waals surface area (Å²) in [6, 6.07) is 12.1. The molecule has 2 heterocycles. The molecule has 0 unspecified atom stereocenters. The Labute approximate surface area is 200 Å². The summed E-state index contributed by atoms with van der Waals surface area (Å²) in [7, 11) is -3.93. The molecular formula is C23H21FN6O4S. The predicted octanol–water partition coefficient (Wildman–Crippen LogP) is 3.93. The number of benzene rings is 2. The smallest absolute Gasteiger partial charge is 0.278 e. The lowest BCUT2D eigenvalue weighted by Crippen LogP contribution is -2.32. The molecule has 0 saturated heterocycles. The molecule has 35 heavy (non-hydrogen) atoms. The third-order valence-corrected chi connectivity index (χ3v) is 6.35. The predicted molar refractivity (Wildman–Crippen MR) is 126 cm³/mol. The molecule has 0 spiro atoms. The molecule has 0 aliphatic carbocycles. The van der Waals surface area contributed by atoms with Gasteiger partial charge in [0.05, 0.1) is 22.2 Å². The largest absolute Gasteiger partial charge is 0.332 e. The molecule has 180 valence electrons. The zero-order valence-electron chi connectivity index (χ0n) is 18.8. The molecule has 0 aliphatic heterocycles. The number of alkyl halides is 1. The van der Waals surface area contributed by atoms with Gasteiger partial charge in [0.2, 0.25) is 11.7 Å². The van der Waals surface area contributed by atoms with Crippen molar-refractivity contribution in [2.45, 2.75) is 18.7 Å². The van der Waals surface area contributed by atoms with Crippen LogP contribution in [-0.4, -0.2) is 41.1 Å². The van der Waals surface area contributed by atoms with Gasteiger partial charge in [-0.3, -0.25) is 14.5 Å². The maximum atomic E-state index is 13.1. The van der Waals surface area contributed by atoms with Crippen molar-refractivity contribution in [1.82, 2.24) is 20.1 Å². The number of anilines is 2. The van der Waals surface area contributed by atoms with Crippen LogP contribution in [0.25, 0.3) is 23.0 Å². The van der Waals surface area contributed by atoms with E-state index >= 15 is 0 Å². The van der Waals surface area contributed by atoms with Gasteiger partial charge in [-0.15, -0.1) is 0 Å². The number of carbonyl (C=O) groups is 1. The number of rotatable bonds is 8. The SMILES string of the molecule is CC(C)(CF)C(=O)Nc1cccc(NS(=O)(=O)c2ccc(-c3noc(-c4cnccn4)n3)cc2)c1. The summed E-state index contributed by atoms with van der Waals surface area (Å²) in [6.45, 7) is 2.13. The lowest BCUT2D eigenvalue weighted by atomic mass is 9.94. The maximum Gasteiger partial charge on any atom is 0.278 e. The minimum atomic E-state index is -3.93. The topological polar surface area (TPSA) is 140 Å². The zero-order valence-corrected chi connectivity index (χ0v) is 19.6. The molecule has 4 rings (SSSR count). The van der Waals surface area contributed by atoms with Crippen LogP contribution in [-0.2, 0) is 14.8 Å². The van der Waals surface area contributed by atoms with Crippen molar-refractivity contribution >= 4 is 27.3 Å². The second kappa shape index (κ2) is 9.58. The van der Waals surface area contributed by atoms with Crippen LogP contribution < -0.4 is 10.0 Å². The third kappa shape index (κ3) is 5.49. The van der Waals surface area contributed by atoms with Gasteiger partial charge in [-0.05, 0) is 56.3 Å². The summed E-state index contributed by atoms with van der Waals surface area (Å²) in [5.41, 5.74) is 0.328. The van der Waals surface area contributed by atoms with Crippen molar-refractivity contribution < 1.29 is 22.1 Å². The van der Waals surface area contributed by atoms with Gasteiger partial charge in [0.15, 0.2) is 0 Å². The van der Waals surface area contributed by atoms with Crippen LogP contribution in [0.1, 0.15) is 13.8 Å². The summed E-state index contributed by atoms with van der Waals surface area (Å²) in [5, 5.41) is 6.50. The van der Waals surface area contributed by atoms with Crippen molar-refractivity contribution in [3.8, 4) is 23.0 Å². The van der Waals surface area contributed by atoms with E-state index in [0.29, 0.717) is 16.9 Å². The Morgan fingerprint density at radius 3 is 2.51 bits per heavy atom. The normalized spacial score (nSPS) is 11.7. The minimum absolute atomic E-state index is 0.00638. The fraction of sp³-hybridized carbons (Fsp3) is 0.174. The molecule has 0 aliphatic rings. The van der Waals surface area contributed by atoms with E-state index in [1.165, 1.54) is 56.7 Å². The van der Waals surface area contributed by atoms with Crippen LogP contribution in [0.2, 0.25) is 0 Å². The highest BCUT2D eigenvalue weighted by molar-refractivity contribution is 7.92. The molecule has 0 fully saturated rings. The summed E-state index contributed by atoms with van der Waals surface area (Å²) < 4.78 is 46.5. The van der Waals surface area contributed by atoms with E-state index in [0.717, 1.165) is 0 Å². The summed E-state index contributed by atoms with van der Waals surface area (Å²) in [5.74, 6) is -0.0601. The Morgan fingerprint density at radius 1 is 1.09 bits per heavy atom. The first kappa shape index (κ1) is 24.0. The highest BCUT2D eigenvalue weighted by Crippen LogP contribution is 2.25. The Bertz CT molecular complexity index is 1440. The van der Waals surface area contributed by atoms with Gasteiger partial charge in [0.25, 0.3) is 15.9 Å². The van der Waals surface area contributed by atoms with Crippen molar-refractivity contribution in [3.05, 3.63) is 67.1 Å². The minimum Gasteiger partial charge on any atom is -0.332 e. The Hall–Kier alpha value is -4.19. The van der Waals surface area contributed by atoms with Crippen molar-refractivity contribution in [2.75, 3.05) is 16.7 Å². The van der Waals surface area contributed by atoms with Crippen molar-refractivity contribution in [1.29, 1.82) is 0 Å². The van der Waals surface area contributed by atoms with Crippen LogP contribution in [0.5, 0.6) is 0 Å². The molecule has 1 amide bonds. The Morgan fingerprint density at radius 2 is 1.83 bits per heavy atom. The van der Waals surface area contributed by atoms with Gasteiger partial charge in [-0.2, -0.15) is 4.98 Å². The van der Waals surface area contributed by atoms with E-state index < -0.39 is 28.0 Å². The van der Waals surface area contributed by atoms with E-state index in [1.807, 2.05) is 0 Å². The number of aromatic nitrogens is 4.